The number of carbonyl (C=O) groups excluding carboxylic acids is 2. The summed E-state index contributed by atoms with van der Waals surface area (Å²) < 4.78 is 0. The molecule has 0 spiro atoms. The Balaban J connectivity index is 2.00. The van der Waals surface area contributed by atoms with Gasteiger partial charge in [-0.25, -0.2) is 0 Å². The van der Waals surface area contributed by atoms with Crippen LogP contribution >= 0.6 is 11.6 Å². The van der Waals surface area contributed by atoms with Gasteiger partial charge < -0.3 is 9.88 Å². The van der Waals surface area contributed by atoms with Crippen molar-refractivity contribution in [3.8, 4) is 0 Å². The Morgan fingerprint density at radius 1 is 1.50 bits per heavy atom. The molecule has 0 aromatic carbocycles. The SMILES string of the molecule is O=C(CN(C(=O)CCl)C1CC1)c1ccc[nH]1. The van der Waals surface area contributed by atoms with Crippen molar-refractivity contribution >= 4 is 23.3 Å². The lowest BCUT2D eigenvalue weighted by molar-refractivity contribution is -0.128. The number of rotatable bonds is 5. The number of hydrogen-bond acceptors (Lipinski definition) is 2. The summed E-state index contributed by atoms with van der Waals surface area (Å²) in [5, 5.41) is 0. The third-order valence-corrected chi connectivity index (χ3v) is 2.86. The zero-order valence-electron chi connectivity index (χ0n) is 8.78. The zero-order chi connectivity index (χ0) is 11.5. The number of H-pyrrole nitrogens is 1. The molecule has 1 amide bonds. The molecule has 5 heteroatoms. The van der Waals surface area contributed by atoms with Crippen LogP contribution in [0.15, 0.2) is 18.3 Å². The fraction of sp³-hybridized carbons (Fsp3) is 0.455. The maximum absolute atomic E-state index is 11.8. The maximum atomic E-state index is 11.8. The van der Waals surface area contributed by atoms with E-state index in [1.165, 1.54) is 0 Å². The van der Waals surface area contributed by atoms with Crippen molar-refractivity contribution in [3.05, 3.63) is 24.0 Å². The van der Waals surface area contributed by atoms with Gasteiger partial charge in [0.05, 0.1) is 12.2 Å². The Morgan fingerprint density at radius 2 is 2.25 bits per heavy atom. The topological polar surface area (TPSA) is 53.2 Å². The summed E-state index contributed by atoms with van der Waals surface area (Å²) in [6.07, 6.45) is 3.64. The largest absolute Gasteiger partial charge is 0.359 e. The molecule has 1 aromatic heterocycles. The lowest BCUT2D eigenvalue weighted by atomic mass is 10.2. The molecule has 1 fully saturated rings. The maximum Gasteiger partial charge on any atom is 0.238 e. The number of nitrogens with zero attached hydrogens (tertiary/aromatic N) is 1. The van der Waals surface area contributed by atoms with E-state index in [0.29, 0.717) is 5.69 Å². The predicted octanol–water partition coefficient (Wildman–Crippen LogP) is 1.43. The second-order valence-electron chi connectivity index (χ2n) is 3.89. The zero-order valence-corrected chi connectivity index (χ0v) is 9.54. The molecule has 0 saturated heterocycles. The highest BCUT2D eigenvalue weighted by Crippen LogP contribution is 2.27. The van der Waals surface area contributed by atoms with Gasteiger partial charge in [0, 0.05) is 12.2 Å². The van der Waals surface area contributed by atoms with Crippen LogP contribution in [0.25, 0.3) is 0 Å². The van der Waals surface area contributed by atoms with Crippen LogP contribution < -0.4 is 0 Å². The summed E-state index contributed by atoms with van der Waals surface area (Å²) in [4.78, 5) is 27.7. The molecule has 1 aliphatic carbocycles. The van der Waals surface area contributed by atoms with Crippen LogP contribution in [0.2, 0.25) is 0 Å². The number of halogens is 1. The van der Waals surface area contributed by atoms with Gasteiger partial charge in [0.2, 0.25) is 5.91 Å². The number of Topliss-reactive ketones (excluding diaryl/α,β-unsaturated/α-hetero) is 1. The number of aromatic nitrogens is 1. The molecular weight excluding hydrogens is 228 g/mol. The summed E-state index contributed by atoms with van der Waals surface area (Å²) in [6.45, 7) is 0.122. The summed E-state index contributed by atoms with van der Waals surface area (Å²) >= 11 is 5.52. The smallest absolute Gasteiger partial charge is 0.238 e. The van der Waals surface area contributed by atoms with Crippen LogP contribution in [0.1, 0.15) is 23.3 Å². The van der Waals surface area contributed by atoms with Gasteiger partial charge in [-0.3, -0.25) is 9.59 Å². The van der Waals surface area contributed by atoms with Crippen molar-refractivity contribution in [2.24, 2.45) is 0 Å². The number of ketones is 1. The molecule has 1 heterocycles. The predicted molar refractivity (Wildman–Crippen MR) is 60.6 cm³/mol. The highest BCUT2D eigenvalue weighted by atomic mass is 35.5. The van der Waals surface area contributed by atoms with Crippen LogP contribution in [0, 0.1) is 0 Å². The molecule has 0 aliphatic heterocycles. The first kappa shape index (κ1) is 11.2. The van der Waals surface area contributed by atoms with E-state index in [9.17, 15) is 9.59 Å². The highest BCUT2D eigenvalue weighted by Gasteiger charge is 2.33. The number of alkyl halides is 1. The lowest BCUT2D eigenvalue weighted by Gasteiger charge is -2.20. The van der Waals surface area contributed by atoms with Crippen molar-refractivity contribution in [2.45, 2.75) is 18.9 Å². The van der Waals surface area contributed by atoms with Gasteiger partial charge in [0.25, 0.3) is 0 Å². The third kappa shape index (κ3) is 2.44. The normalized spacial score (nSPS) is 14.8. The standard InChI is InChI=1S/C11H13ClN2O2/c12-6-11(16)14(8-3-4-8)7-10(15)9-2-1-5-13-9/h1-2,5,8,13H,3-4,6-7H2. The monoisotopic (exact) mass is 240 g/mol. The summed E-state index contributed by atoms with van der Waals surface area (Å²) in [7, 11) is 0. The minimum atomic E-state index is -0.163. The highest BCUT2D eigenvalue weighted by molar-refractivity contribution is 6.27. The van der Waals surface area contributed by atoms with E-state index < -0.39 is 0 Å². The van der Waals surface area contributed by atoms with E-state index in [0.717, 1.165) is 12.8 Å². The lowest BCUT2D eigenvalue weighted by Crippen LogP contribution is -2.38. The second-order valence-corrected chi connectivity index (χ2v) is 4.16. The Hall–Kier alpha value is -1.29. The minimum absolute atomic E-state index is 0.0610. The Labute approximate surface area is 98.6 Å². The number of aromatic amines is 1. The molecule has 0 atom stereocenters. The summed E-state index contributed by atoms with van der Waals surface area (Å²) in [5.41, 5.74) is 0.535. The molecule has 4 nitrogen and oxygen atoms in total. The first-order valence-electron chi connectivity index (χ1n) is 5.24. The quantitative estimate of drug-likeness (QED) is 0.625. The molecule has 1 aliphatic rings. The van der Waals surface area contributed by atoms with Crippen molar-refractivity contribution in [1.82, 2.24) is 9.88 Å². The van der Waals surface area contributed by atoms with Gasteiger partial charge in [-0.15, -0.1) is 11.6 Å². The number of amides is 1. The molecule has 16 heavy (non-hydrogen) atoms. The molecule has 0 radical (unpaired) electrons. The number of carbonyl (C=O) groups is 2. The minimum Gasteiger partial charge on any atom is -0.359 e. The Kier molecular flexibility index (Phi) is 3.29. The van der Waals surface area contributed by atoms with Gasteiger partial charge in [0.15, 0.2) is 5.78 Å². The first-order chi connectivity index (χ1) is 7.72. The van der Waals surface area contributed by atoms with Crippen LogP contribution in [0.5, 0.6) is 0 Å². The van der Waals surface area contributed by atoms with Crippen LogP contribution in [0.4, 0.5) is 0 Å². The Bertz CT molecular complexity index is 385. The van der Waals surface area contributed by atoms with E-state index in [1.807, 2.05) is 0 Å². The van der Waals surface area contributed by atoms with E-state index >= 15 is 0 Å². The number of nitrogens with one attached hydrogen (secondary N) is 1. The van der Waals surface area contributed by atoms with Gasteiger partial charge in [0.1, 0.15) is 5.88 Å². The fourth-order valence-electron chi connectivity index (χ4n) is 1.63. The van der Waals surface area contributed by atoms with E-state index in [4.69, 9.17) is 11.6 Å². The summed E-state index contributed by atoms with van der Waals surface area (Å²) in [6, 6.07) is 3.68. The van der Waals surface area contributed by atoms with Crippen LogP contribution in [-0.2, 0) is 4.79 Å². The average Bonchev–Trinajstić information content (AvgIpc) is 2.98. The molecule has 86 valence electrons. The van der Waals surface area contributed by atoms with Crippen LogP contribution in [-0.4, -0.2) is 40.0 Å². The van der Waals surface area contributed by atoms with Gasteiger partial charge >= 0.3 is 0 Å². The molecule has 2 rings (SSSR count). The second kappa shape index (κ2) is 4.70. The van der Waals surface area contributed by atoms with E-state index in [2.05, 4.69) is 4.98 Å². The van der Waals surface area contributed by atoms with Gasteiger partial charge in [-0.2, -0.15) is 0 Å². The van der Waals surface area contributed by atoms with Gasteiger partial charge in [-0.05, 0) is 25.0 Å². The molecule has 0 bridgehead atoms. The average molecular weight is 241 g/mol. The van der Waals surface area contributed by atoms with Crippen molar-refractivity contribution in [1.29, 1.82) is 0 Å². The molecule has 1 aromatic rings. The molecule has 0 unspecified atom stereocenters. The number of hydrogen-bond donors (Lipinski definition) is 1. The van der Waals surface area contributed by atoms with Crippen molar-refractivity contribution in [2.75, 3.05) is 12.4 Å². The first-order valence-corrected chi connectivity index (χ1v) is 5.78. The van der Waals surface area contributed by atoms with E-state index in [-0.39, 0.29) is 30.2 Å². The molecule has 1 N–H and O–H groups in total. The van der Waals surface area contributed by atoms with Crippen LogP contribution in [0.3, 0.4) is 0 Å². The summed E-state index contributed by atoms with van der Waals surface area (Å²) in [5.74, 6) is -0.298. The van der Waals surface area contributed by atoms with E-state index in [1.54, 1.807) is 23.2 Å². The van der Waals surface area contributed by atoms with Gasteiger partial charge in [-0.1, -0.05) is 0 Å². The molecule has 1 saturated carbocycles. The Morgan fingerprint density at radius 3 is 2.75 bits per heavy atom. The molecular formula is C11H13ClN2O2. The third-order valence-electron chi connectivity index (χ3n) is 2.63. The fourth-order valence-corrected chi connectivity index (χ4v) is 1.78. The van der Waals surface area contributed by atoms with Crippen molar-refractivity contribution in [3.63, 3.8) is 0 Å². The van der Waals surface area contributed by atoms with Crippen molar-refractivity contribution < 1.29 is 9.59 Å².